The molecule has 0 atom stereocenters. The van der Waals surface area contributed by atoms with Gasteiger partial charge in [-0.1, -0.05) is 81.2 Å². The lowest BCUT2D eigenvalue weighted by atomic mass is 10.3. The molecular formula is C20H6Cl8N4. The summed E-state index contributed by atoms with van der Waals surface area (Å²) in [5.41, 5.74) is 3.23. The summed E-state index contributed by atoms with van der Waals surface area (Å²) in [7, 11) is 0. The fourth-order valence-electron chi connectivity index (χ4n) is 3.29. The number of aromatic nitrogens is 4. The van der Waals surface area contributed by atoms with Gasteiger partial charge in [-0.05, 0) is 30.4 Å². The molecule has 5 rings (SSSR count). The van der Waals surface area contributed by atoms with Gasteiger partial charge in [0.15, 0.2) is 0 Å². The van der Waals surface area contributed by atoms with Crippen molar-refractivity contribution in [3.63, 3.8) is 0 Å². The number of hydrogen-bond acceptors (Lipinski definition) is 2. The first-order chi connectivity index (χ1) is 15.2. The van der Waals surface area contributed by atoms with Crippen LogP contribution in [0.1, 0.15) is 22.8 Å². The van der Waals surface area contributed by atoms with E-state index in [1.807, 2.05) is 6.08 Å². The van der Waals surface area contributed by atoms with Crippen LogP contribution in [0.5, 0.6) is 0 Å². The summed E-state index contributed by atoms with van der Waals surface area (Å²) < 4.78 is 1.23. The summed E-state index contributed by atoms with van der Waals surface area (Å²) in [6.45, 7) is 0. The zero-order valence-corrected chi connectivity index (χ0v) is 21.3. The lowest BCUT2D eigenvalue weighted by Crippen LogP contribution is -1.82. The third-order valence-electron chi connectivity index (χ3n) is 4.77. The van der Waals surface area contributed by atoms with Crippen molar-refractivity contribution >= 4 is 138 Å². The van der Waals surface area contributed by atoms with E-state index in [2.05, 4.69) is 15.0 Å². The van der Waals surface area contributed by atoms with Crippen LogP contribution in [0.3, 0.4) is 0 Å². The summed E-state index contributed by atoms with van der Waals surface area (Å²) in [5.74, 6) is 0. The fraction of sp³-hybridized carbons (Fsp3) is 0. The van der Waals surface area contributed by atoms with Crippen molar-refractivity contribution in [2.45, 2.75) is 0 Å². The largest absolute Gasteiger partial charge is 0.350 e. The summed E-state index contributed by atoms with van der Waals surface area (Å²) in [6.07, 6.45) is 5.27. The van der Waals surface area contributed by atoms with Crippen molar-refractivity contribution in [3.05, 3.63) is 65.0 Å². The van der Waals surface area contributed by atoms with Gasteiger partial charge in [0.2, 0.25) is 0 Å². The Morgan fingerprint density at radius 2 is 1.28 bits per heavy atom. The van der Waals surface area contributed by atoms with Crippen LogP contribution in [0.4, 0.5) is 0 Å². The van der Waals surface area contributed by atoms with Gasteiger partial charge in [-0.3, -0.25) is 0 Å². The molecule has 2 aliphatic heterocycles. The van der Waals surface area contributed by atoms with Gasteiger partial charge in [0.25, 0.3) is 0 Å². The molecule has 8 bridgehead atoms. The molecule has 0 aromatic carbocycles. The number of rotatable bonds is 0. The SMILES string of the molecule is ClC1=Cc2cc3nc(cc4c(Cl)c(Cl)c(c(Cl)c5[nH]c(c(Cl)c1n2)c(Cl)c5Cl)n4Cl)C=C3. The second kappa shape index (κ2) is 8.30. The quantitative estimate of drug-likeness (QED) is 0.223. The molecule has 2 aliphatic rings. The van der Waals surface area contributed by atoms with Crippen LogP contribution in [0.15, 0.2) is 12.1 Å². The first-order valence-electron chi connectivity index (χ1n) is 8.73. The van der Waals surface area contributed by atoms with Gasteiger partial charge in [0.1, 0.15) is 5.69 Å². The molecule has 0 aliphatic carbocycles. The van der Waals surface area contributed by atoms with Crippen molar-refractivity contribution in [2.75, 3.05) is 0 Å². The van der Waals surface area contributed by atoms with Crippen LogP contribution in [0.2, 0.25) is 30.1 Å². The molecule has 0 radical (unpaired) electrons. The van der Waals surface area contributed by atoms with Crippen LogP contribution < -0.4 is 0 Å². The first kappa shape index (κ1) is 22.7. The van der Waals surface area contributed by atoms with E-state index in [0.29, 0.717) is 33.3 Å². The summed E-state index contributed by atoms with van der Waals surface area (Å²) in [6, 6.07) is 3.43. The monoisotopic (exact) mass is 582 g/mol. The van der Waals surface area contributed by atoms with Gasteiger partial charge in [-0.15, -0.1) is 0 Å². The van der Waals surface area contributed by atoms with E-state index in [9.17, 15) is 0 Å². The third-order valence-corrected chi connectivity index (χ3v) is 7.85. The number of H-pyrrole nitrogens is 1. The highest BCUT2D eigenvalue weighted by Gasteiger charge is 2.21. The van der Waals surface area contributed by atoms with Gasteiger partial charge in [-0.2, -0.15) is 0 Å². The van der Waals surface area contributed by atoms with E-state index in [-0.39, 0.29) is 46.7 Å². The number of halogens is 8. The minimum absolute atomic E-state index is 0.0769. The average molecular weight is 586 g/mol. The Balaban J connectivity index is 2.06. The first-order valence-corrected chi connectivity index (χ1v) is 11.7. The van der Waals surface area contributed by atoms with E-state index < -0.39 is 0 Å². The van der Waals surface area contributed by atoms with Crippen LogP contribution >= 0.6 is 93.0 Å². The van der Waals surface area contributed by atoms with Crippen LogP contribution in [0, 0.1) is 0 Å². The highest BCUT2D eigenvalue weighted by Crippen LogP contribution is 2.44. The second-order valence-electron chi connectivity index (χ2n) is 6.73. The number of nitrogens with one attached hydrogen (secondary N) is 1. The van der Waals surface area contributed by atoms with Crippen molar-refractivity contribution in [1.82, 2.24) is 19.0 Å². The molecule has 0 unspecified atom stereocenters. The Morgan fingerprint density at radius 1 is 0.656 bits per heavy atom. The lowest BCUT2D eigenvalue weighted by Gasteiger charge is -1.97. The smallest absolute Gasteiger partial charge is 0.103 e. The van der Waals surface area contributed by atoms with Crippen molar-refractivity contribution in [2.24, 2.45) is 0 Å². The molecule has 12 heteroatoms. The Hall–Kier alpha value is -1.08. The maximum atomic E-state index is 6.66. The summed E-state index contributed by atoms with van der Waals surface area (Å²) >= 11 is 52.1. The molecule has 1 N–H and O–H groups in total. The minimum atomic E-state index is 0.0769. The molecule has 0 spiro atoms. The summed E-state index contributed by atoms with van der Waals surface area (Å²) in [5, 5.41) is 1.12. The lowest BCUT2D eigenvalue weighted by molar-refractivity contribution is 1.27. The summed E-state index contributed by atoms with van der Waals surface area (Å²) in [4.78, 5) is 12.0. The van der Waals surface area contributed by atoms with Crippen LogP contribution in [0.25, 0.3) is 45.3 Å². The van der Waals surface area contributed by atoms with E-state index in [1.54, 1.807) is 24.3 Å². The zero-order chi connectivity index (χ0) is 22.9. The molecular weight excluding hydrogens is 580 g/mol. The van der Waals surface area contributed by atoms with Gasteiger partial charge in [-0.25, -0.2) is 14.1 Å². The Labute approximate surface area is 221 Å². The molecule has 4 nitrogen and oxygen atoms in total. The average Bonchev–Trinajstić information content (AvgIpc) is 3.47. The topological polar surface area (TPSA) is 46.5 Å². The zero-order valence-electron chi connectivity index (χ0n) is 15.3. The Morgan fingerprint density at radius 3 is 1.97 bits per heavy atom. The van der Waals surface area contributed by atoms with Crippen LogP contribution in [-0.2, 0) is 0 Å². The van der Waals surface area contributed by atoms with E-state index >= 15 is 0 Å². The van der Waals surface area contributed by atoms with Gasteiger partial charge in [0, 0.05) is 11.8 Å². The predicted octanol–water partition coefficient (Wildman–Crippen LogP) is 9.62. The molecule has 5 heterocycles. The van der Waals surface area contributed by atoms with Crippen molar-refractivity contribution in [3.8, 4) is 0 Å². The molecule has 162 valence electrons. The van der Waals surface area contributed by atoms with E-state index in [1.165, 1.54) is 4.09 Å². The van der Waals surface area contributed by atoms with Gasteiger partial charge < -0.3 is 4.98 Å². The molecule has 0 fully saturated rings. The fourth-order valence-corrected chi connectivity index (χ4v) is 5.75. The van der Waals surface area contributed by atoms with E-state index in [0.717, 1.165) is 0 Å². The maximum absolute atomic E-state index is 6.66. The molecule has 32 heavy (non-hydrogen) atoms. The second-order valence-corrected chi connectivity index (χ2v) is 9.75. The van der Waals surface area contributed by atoms with Crippen molar-refractivity contribution in [1.29, 1.82) is 0 Å². The number of nitrogens with zero attached hydrogens (tertiary/aromatic N) is 3. The molecule has 3 aromatic heterocycles. The van der Waals surface area contributed by atoms with Gasteiger partial charge in [0.05, 0.1) is 74.3 Å². The molecule has 0 saturated carbocycles. The molecule has 0 saturated heterocycles. The number of hydrogen-bond donors (Lipinski definition) is 1. The van der Waals surface area contributed by atoms with Gasteiger partial charge >= 0.3 is 0 Å². The predicted molar refractivity (Wildman–Crippen MR) is 139 cm³/mol. The highest BCUT2D eigenvalue weighted by atomic mass is 35.5. The number of aromatic amines is 1. The Bertz CT molecular complexity index is 1560. The van der Waals surface area contributed by atoms with E-state index in [4.69, 9.17) is 93.0 Å². The highest BCUT2D eigenvalue weighted by molar-refractivity contribution is 6.55. The standard InChI is InChI=1S/C20H6Cl8N4/c21-9-4-8-3-6-1-2-7(29-6)5-10-11(22)14(25)20(32(10)28)16(27)19-13(24)12(23)18(31-19)15(26)17(9)30-8/h1-5,31H. The minimum Gasteiger partial charge on any atom is -0.350 e. The normalized spacial score (nSPS) is 13.1. The molecule has 0 amide bonds. The van der Waals surface area contributed by atoms with Crippen molar-refractivity contribution < 1.29 is 0 Å². The Kier molecular flexibility index (Phi) is 5.89. The third kappa shape index (κ3) is 3.53. The maximum Gasteiger partial charge on any atom is 0.103 e. The number of fused-ring (bicyclic) bond motifs is 8. The van der Waals surface area contributed by atoms with Crippen LogP contribution in [-0.4, -0.2) is 19.0 Å². The molecule has 3 aromatic rings.